The molecule has 0 bridgehead atoms. The summed E-state index contributed by atoms with van der Waals surface area (Å²) in [5, 5.41) is 3.53. The number of benzene rings is 8. The van der Waals surface area contributed by atoms with Crippen LogP contribution in [0.3, 0.4) is 0 Å². The highest BCUT2D eigenvalue weighted by Crippen LogP contribution is 2.57. The van der Waals surface area contributed by atoms with Gasteiger partial charge < -0.3 is 0 Å². The van der Waals surface area contributed by atoms with E-state index in [-0.39, 0.29) is 0 Å². The molecule has 0 atom stereocenters. The standard InChI is InChI=1S/C49H32N2/c1-5-15-33(16-6-1)47-43-31-38(26-28-46(43)50-48(51-47)34-17-7-2-8-18-34)37-25-27-44-41(30-37)42-29-35-19-13-14-20-36(35)32-45(42)49(44,39-21-9-3-10-22-39)40-23-11-4-12-24-40/h1-32H. The van der Waals surface area contributed by atoms with Crippen molar-refractivity contribution in [1.82, 2.24) is 9.97 Å². The fourth-order valence-corrected chi connectivity index (χ4v) is 8.20. The lowest BCUT2D eigenvalue weighted by molar-refractivity contribution is 0.769. The maximum Gasteiger partial charge on any atom is 0.160 e. The maximum absolute atomic E-state index is 5.17. The summed E-state index contributed by atoms with van der Waals surface area (Å²) >= 11 is 0. The van der Waals surface area contributed by atoms with Crippen LogP contribution in [0, 0.1) is 0 Å². The predicted octanol–water partition coefficient (Wildman–Crippen LogP) is 12.1. The molecule has 0 amide bonds. The van der Waals surface area contributed by atoms with Crippen LogP contribution >= 0.6 is 0 Å². The van der Waals surface area contributed by atoms with Crippen molar-refractivity contribution in [1.29, 1.82) is 0 Å². The van der Waals surface area contributed by atoms with Crippen LogP contribution < -0.4 is 0 Å². The van der Waals surface area contributed by atoms with Gasteiger partial charge >= 0.3 is 0 Å². The van der Waals surface area contributed by atoms with E-state index >= 15 is 0 Å². The van der Waals surface area contributed by atoms with Crippen molar-refractivity contribution < 1.29 is 0 Å². The molecule has 1 aliphatic rings. The van der Waals surface area contributed by atoms with E-state index in [1.54, 1.807) is 0 Å². The van der Waals surface area contributed by atoms with Crippen molar-refractivity contribution in [3.05, 3.63) is 216 Å². The minimum atomic E-state index is -0.457. The Kier molecular flexibility index (Phi) is 6.75. The molecule has 51 heavy (non-hydrogen) atoms. The van der Waals surface area contributed by atoms with E-state index in [9.17, 15) is 0 Å². The third-order valence-corrected chi connectivity index (χ3v) is 10.5. The third-order valence-electron chi connectivity index (χ3n) is 10.5. The van der Waals surface area contributed by atoms with Gasteiger partial charge in [-0.05, 0) is 85.6 Å². The monoisotopic (exact) mass is 648 g/mol. The summed E-state index contributed by atoms with van der Waals surface area (Å²) in [4.78, 5) is 10.2. The normalized spacial score (nSPS) is 12.9. The van der Waals surface area contributed by atoms with Gasteiger partial charge in [0, 0.05) is 16.5 Å². The molecule has 0 saturated heterocycles. The van der Waals surface area contributed by atoms with Crippen LogP contribution in [0.4, 0.5) is 0 Å². The highest BCUT2D eigenvalue weighted by molar-refractivity contribution is 5.99. The van der Waals surface area contributed by atoms with Crippen molar-refractivity contribution >= 4 is 21.7 Å². The minimum Gasteiger partial charge on any atom is -0.228 e. The summed E-state index contributed by atoms with van der Waals surface area (Å²) in [7, 11) is 0. The van der Waals surface area contributed by atoms with Gasteiger partial charge in [0.25, 0.3) is 0 Å². The minimum absolute atomic E-state index is 0.457. The second-order valence-corrected chi connectivity index (χ2v) is 13.3. The second kappa shape index (κ2) is 11.8. The van der Waals surface area contributed by atoms with Gasteiger partial charge in [0.2, 0.25) is 0 Å². The summed E-state index contributed by atoms with van der Waals surface area (Å²) in [5.41, 5.74) is 13.5. The van der Waals surface area contributed by atoms with Gasteiger partial charge in [0.05, 0.1) is 16.6 Å². The van der Waals surface area contributed by atoms with Crippen molar-refractivity contribution in [2.24, 2.45) is 0 Å². The Morgan fingerprint density at radius 3 is 1.55 bits per heavy atom. The zero-order chi connectivity index (χ0) is 33.8. The fourth-order valence-electron chi connectivity index (χ4n) is 8.20. The number of nitrogens with zero attached hydrogens (tertiary/aromatic N) is 2. The smallest absolute Gasteiger partial charge is 0.160 e. The van der Waals surface area contributed by atoms with E-state index in [1.165, 1.54) is 44.2 Å². The van der Waals surface area contributed by atoms with E-state index < -0.39 is 5.41 Å². The van der Waals surface area contributed by atoms with Crippen molar-refractivity contribution in [3.63, 3.8) is 0 Å². The Labute approximate surface area is 297 Å². The molecule has 8 aromatic carbocycles. The van der Waals surface area contributed by atoms with Gasteiger partial charge in [-0.2, -0.15) is 0 Å². The van der Waals surface area contributed by atoms with Crippen LogP contribution in [0.5, 0.6) is 0 Å². The van der Waals surface area contributed by atoms with Gasteiger partial charge in [-0.25, -0.2) is 9.97 Å². The highest BCUT2D eigenvalue weighted by Gasteiger charge is 2.46. The molecule has 10 rings (SSSR count). The lowest BCUT2D eigenvalue weighted by Crippen LogP contribution is -2.28. The van der Waals surface area contributed by atoms with Crippen LogP contribution in [0.1, 0.15) is 22.3 Å². The molecule has 0 fully saturated rings. The number of hydrogen-bond donors (Lipinski definition) is 0. The number of fused-ring (bicyclic) bond motifs is 5. The zero-order valence-electron chi connectivity index (χ0n) is 27.9. The number of hydrogen-bond acceptors (Lipinski definition) is 2. The first-order valence-electron chi connectivity index (χ1n) is 17.5. The average Bonchev–Trinajstić information content (AvgIpc) is 3.50. The first kappa shape index (κ1) is 29.3. The van der Waals surface area contributed by atoms with E-state index in [4.69, 9.17) is 9.97 Å². The van der Waals surface area contributed by atoms with Crippen molar-refractivity contribution in [2.45, 2.75) is 5.41 Å². The first-order chi connectivity index (χ1) is 25.3. The summed E-state index contributed by atoms with van der Waals surface area (Å²) in [6.45, 7) is 0. The predicted molar refractivity (Wildman–Crippen MR) is 211 cm³/mol. The molecule has 2 heteroatoms. The van der Waals surface area contributed by atoms with E-state index in [0.29, 0.717) is 0 Å². The lowest BCUT2D eigenvalue weighted by Gasteiger charge is -2.34. The number of rotatable bonds is 5. The van der Waals surface area contributed by atoms with Crippen LogP contribution in [0.15, 0.2) is 194 Å². The second-order valence-electron chi connectivity index (χ2n) is 13.3. The molecule has 0 saturated carbocycles. The maximum atomic E-state index is 5.17. The average molecular weight is 649 g/mol. The van der Waals surface area contributed by atoms with E-state index in [2.05, 4.69) is 170 Å². The molecule has 0 aliphatic heterocycles. The highest BCUT2D eigenvalue weighted by atomic mass is 14.9. The molecule has 1 aromatic heterocycles. The Hall–Kier alpha value is -6.64. The topological polar surface area (TPSA) is 25.8 Å². The van der Waals surface area contributed by atoms with Crippen LogP contribution in [0.25, 0.3) is 66.6 Å². The van der Waals surface area contributed by atoms with Crippen LogP contribution in [-0.2, 0) is 5.41 Å². The zero-order valence-corrected chi connectivity index (χ0v) is 27.9. The molecular weight excluding hydrogens is 617 g/mol. The van der Waals surface area contributed by atoms with Crippen LogP contribution in [-0.4, -0.2) is 9.97 Å². The Balaban J connectivity index is 1.22. The Bertz CT molecular complexity index is 2680. The Morgan fingerprint density at radius 2 is 0.882 bits per heavy atom. The van der Waals surface area contributed by atoms with Gasteiger partial charge in [-0.15, -0.1) is 0 Å². The van der Waals surface area contributed by atoms with Crippen molar-refractivity contribution in [3.8, 4) is 44.9 Å². The third kappa shape index (κ3) is 4.65. The van der Waals surface area contributed by atoms with Gasteiger partial charge in [-0.1, -0.05) is 164 Å². The molecule has 1 aliphatic carbocycles. The molecule has 0 unspecified atom stereocenters. The van der Waals surface area contributed by atoms with Crippen LogP contribution in [0.2, 0.25) is 0 Å². The largest absolute Gasteiger partial charge is 0.228 e. The molecule has 0 radical (unpaired) electrons. The summed E-state index contributed by atoms with van der Waals surface area (Å²) < 4.78 is 0. The van der Waals surface area contributed by atoms with E-state index in [1.807, 2.05) is 24.3 Å². The lowest BCUT2D eigenvalue weighted by atomic mass is 9.67. The molecule has 0 spiro atoms. The molecular formula is C49H32N2. The SMILES string of the molecule is c1ccc(-c2nc(-c3ccccc3)c3cc(-c4ccc5c(c4)-c4cc6ccccc6cc4C5(c4ccccc4)c4ccccc4)ccc3n2)cc1. The van der Waals surface area contributed by atoms with Gasteiger partial charge in [-0.3, -0.25) is 0 Å². The summed E-state index contributed by atoms with van der Waals surface area (Å²) in [6, 6.07) is 69.9. The fraction of sp³-hybridized carbons (Fsp3) is 0.0204. The quantitative estimate of drug-likeness (QED) is 0.186. The molecule has 9 aromatic rings. The Morgan fingerprint density at radius 1 is 0.353 bits per heavy atom. The molecule has 1 heterocycles. The molecule has 238 valence electrons. The van der Waals surface area contributed by atoms with Crippen molar-refractivity contribution in [2.75, 3.05) is 0 Å². The van der Waals surface area contributed by atoms with Gasteiger partial charge in [0.1, 0.15) is 0 Å². The molecule has 2 nitrogen and oxygen atoms in total. The number of aromatic nitrogens is 2. The van der Waals surface area contributed by atoms with Gasteiger partial charge in [0.15, 0.2) is 5.82 Å². The van der Waals surface area contributed by atoms with E-state index in [0.717, 1.165) is 44.7 Å². The summed E-state index contributed by atoms with van der Waals surface area (Å²) in [5.74, 6) is 0.731. The first-order valence-corrected chi connectivity index (χ1v) is 17.5. The molecule has 0 N–H and O–H groups in total. The summed E-state index contributed by atoms with van der Waals surface area (Å²) in [6.07, 6.45) is 0.